The number of rotatable bonds is 6. The molecule has 3 rings (SSSR count). The van der Waals surface area contributed by atoms with E-state index in [1.54, 1.807) is 12.1 Å². The van der Waals surface area contributed by atoms with Crippen molar-refractivity contribution in [2.45, 2.75) is 85.1 Å². The lowest BCUT2D eigenvalue weighted by molar-refractivity contribution is -0.253. The van der Waals surface area contributed by atoms with Crippen LogP contribution in [0.4, 0.5) is 0 Å². The first kappa shape index (κ1) is 25.5. The molecule has 0 spiro atoms. The Labute approximate surface area is 196 Å². The maximum absolute atomic E-state index is 11.7. The Hall–Kier alpha value is -2.10. The van der Waals surface area contributed by atoms with E-state index in [0.29, 0.717) is 5.75 Å². The smallest absolute Gasteiger partial charge is 0.463 e. The van der Waals surface area contributed by atoms with Crippen LogP contribution in [-0.2, 0) is 33.1 Å². The highest BCUT2D eigenvalue weighted by Gasteiger charge is 2.51. The summed E-state index contributed by atoms with van der Waals surface area (Å²) in [5.41, 5.74) is 0.0185. The molecule has 2 unspecified atom stereocenters. The van der Waals surface area contributed by atoms with Gasteiger partial charge >= 0.3 is 19.1 Å². The second-order valence-electron chi connectivity index (χ2n) is 9.91. The molecule has 1 aromatic carbocycles. The first-order chi connectivity index (χ1) is 15.3. The van der Waals surface area contributed by atoms with E-state index in [0.717, 1.165) is 5.46 Å². The predicted molar refractivity (Wildman–Crippen MR) is 122 cm³/mol. The van der Waals surface area contributed by atoms with Crippen molar-refractivity contribution in [1.29, 1.82) is 0 Å². The van der Waals surface area contributed by atoms with Crippen molar-refractivity contribution in [1.82, 2.24) is 0 Å². The van der Waals surface area contributed by atoms with Gasteiger partial charge in [0.05, 0.1) is 17.3 Å². The highest BCUT2D eigenvalue weighted by molar-refractivity contribution is 6.62. The predicted octanol–water partition coefficient (Wildman–Crippen LogP) is 2.86. The second kappa shape index (κ2) is 9.64. The maximum atomic E-state index is 11.7. The molecule has 1 aromatic rings. The lowest BCUT2D eigenvalue weighted by atomic mass is 9.79. The van der Waals surface area contributed by atoms with Crippen molar-refractivity contribution in [2.75, 3.05) is 6.61 Å². The Bertz CT molecular complexity index is 835. The van der Waals surface area contributed by atoms with Crippen molar-refractivity contribution >= 4 is 24.5 Å². The molecule has 0 saturated carbocycles. The van der Waals surface area contributed by atoms with Crippen molar-refractivity contribution in [3.63, 3.8) is 0 Å². The van der Waals surface area contributed by atoms with Crippen LogP contribution < -0.4 is 10.2 Å². The lowest BCUT2D eigenvalue weighted by Gasteiger charge is -2.43. The highest BCUT2D eigenvalue weighted by atomic mass is 16.7. The first-order valence-corrected chi connectivity index (χ1v) is 11.4. The lowest BCUT2D eigenvalue weighted by Crippen LogP contribution is -2.54. The van der Waals surface area contributed by atoms with Gasteiger partial charge < -0.3 is 28.3 Å². The van der Waals surface area contributed by atoms with Crippen LogP contribution in [0.2, 0.25) is 0 Å². The van der Waals surface area contributed by atoms with Gasteiger partial charge in [-0.2, -0.15) is 0 Å². The minimum Gasteiger partial charge on any atom is -0.463 e. The number of ether oxygens (including phenoxy) is 4. The molecular weight excluding hydrogens is 427 g/mol. The minimum atomic E-state index is -0.844. The minimum absolute atomic E-state index is 0.0145. The summed E-state index contributed by atoms with van der Waals surface area (Å²) in [7, 11) is -0.474. The fraction of sp³-hybridized carbons (Fsp3) is 0.667. The molecule has 9 heteroatoms. The van der Waals surface area contributed by atoms with Crippen LogP contribution in [0.15, 0.2) is 24.3 Å². The average molecular weight is 462 g/mol. The van der Waals surface area contributed by atoms with E-state index in [4.69, 9.17) is 28.3 Å². The van der Waals surface area contributed by atoms with Gasteiger partial charge in [-0.15, -0.1) is 0 Å². The van der Waals surface area contributed by atoms with Gasteiger partial charge in [0, 0.05) is 19.8 Å². The average Bonchev–Trinajstić information content (AvgIpc) is 2.94. The van der Waals surface area contributed by atoms with Crippen LogP contribution in [0.3, 0.4) is 0 Å². The molecule has 2 heterocycles. The fourth-order valence-corrected chi connectivity index (χ4v) is 3.92. The standard InChI is InChI=1S/C24H35BO8/c1-14-15(2)21(29-17(4)27)22(31-20(14)13-28-16(3)26)30-19-11-9-18(10-12-19)25-32-23(5,6)24(7,8)33-25/h9-12,14-15,20-22H,13H2,1-8H3/t14-,15-,20?,21?,22-/m0/s1. The van der Waals surface area contributed by atoms with Gasteiger partial charge in [0.15, 0.2) is 6.10 Å². The molecule has 0 amide bonds. The van der Waals surface area contributed by atoms with Crippen LogP contribution in [0.1, 0.15) is 55.4 Å². The Morgan fingerprint density at radius 1 is 0.939 bits per heavy atom. The summed E-state index contributed by atoms with van der Waals surface area (Å²) in [5, 5.41) is 0. The number of hydrogen-bond donors (Lipinski definition) is 0. The summed E-state index contributed by atoms with van der Waals surface area (Å²) in [4.78, 5) is 23.0. The van der Waals surface area contributed by atoms with Gasteiger partial charge in [0.25, 0.3) is 0 Å². The zero-order valence-electron chi connectivity index (χ0n) is 20.7. The molecule has 8 nitrogen and oxygen atoms in total. The number of carbonyl (C=O) groups excluding carboxylic acids is 2. The topological polar surface area (TPSA) is 89.5 Å². The largest absolute Gasteiger partial charge is 0.494 e. The van der Waals surface area contributed by atoms with Gasteiger partial charge in [-0.3, -0.25) is 9.59 Å². The maximum Gasteiger partial charge on any atom is 0.494 e. The Kier molecular flexibility index (Phi) is 7.46. The van der Waals surface area contributed by atoms with E-state index in [1.807, 2.05) is 53.7 Å². The number of hydrogen-bond acceptors (Lipinski definition) is 8. The molecule has 2 aliphatic heterocycles. The van der Waals surface area contributed by atoms with Crippen molar-refractivity contribution in [2.24, 2.45) is 11.8 Å². The molecule has 0 N–H and O–H groups in total. The summed E-state index contributed by atoms with van der Waals surface area (Å²) in [6, 6.07) is 7.36. The van der Waals surface area contributed by atoms with Gasteiger partial charge in [0.1, 0.15) is 12.4 Å². The molecule has 2 fully saturated rings. The van der Waals surface area contributed by atoms with Gasteiger partial charge in [-0.05, 0) is 51.2 Å². The van der Waals surface area contributed by atoms with Crippen LogP contribution in [0.25, 0.3) is 0 Å². The number of esters is 2. The van der Waals surface area contributed by atoms with Crippen LogP contribution in [0.5, 0.6) is 5.75 Å². The van der Waals surface area contributed by atoms with Gasteiger partial charge in [0.2, 0.25) is 6.29 Å². The highest BCUT2D eigenvalue weighted by Crippen LogP contribution is 2.37. The molecule has 33 heavy (non-hydrogen) atoms. The molecule has 2 saturated heterocycles. The van der Waals surface area contributed by atoms with E-state index in [2.05, 4.69) is 0 Å². The number of carbonyl (C=O) groups is 2. The van der Waals surface area contributed by atoms with Crippen molar-refractivity contribution in [3.8, 4) is 5.75 Å². The summed E-state index contributed by atoms with van der Waals surface area (Å²) in [6.45, 7) is 14.8. The van der Waals surface area contributed by atoms with Gasteiger partial charge in [-0.1, -0.05) is 26.0 Å². The summed E-state index contributed by atoms with van der Waals surface area (Å²) in [5.74, 6) is -0.330. The molecule has 2 aliphatic rings. The summed E-state index contributed by atoms with van der Waals surface area (Å²) in [6.07, 6.45) is -1.83. The van der Waals surface area contributed by atoms with Crippen molar-refractivity contribution < 1.29 is 37.8 Å². The van der Waals surface area contributed by atoms with E-state index in [-0.39, 0.29) is 30.5 Å². The molecular formula is C24H35BO8. The quantitative estimate of drug-likeness (QED) is 0.471. The van der Waals surface area contributed by atoms with Crippen LogP contribution in [-0.4, -0.2) is 55.4 Å². The SMILES string of the molecule is CC(=O)OCC1O[C@H](Oc2ccc(B3OC(C)(C)C(C)(C)O3)cc2)C(OC(C)=O)[C@@H](C)[C@@H]1C. The van der Waals surface area contributed by atoms with Gasteiger partial charge in [-0.25, -0.2) is 0 Å². The summed E-state index contributed by atoms with van der Waals surface area (Å²) < 4.78 is 35.1. The molecule has 0 bridgehead atoms. The molecule has 0 aromatic heterocycles. The summed E-state index contributed by atoms with van der Waals surface area (Å²) >= 11 is 0. The number of benzene rings is 1. The second-order valence-corrected chi connectivity index (χ2v) is 9.91. The Morgan fingerprint density at radius 3 is 2.03 bits per heavy atom. The Morgan fingerprint density at radius 2 is 1.52 bits per heavy atom. The van der Waals surface area contributed by atoms with E-state index in [1.165, 1.54) is 13.8 Å². The van der Waals surface area contributed by atoms with Crippen LogP contribution >= 0.6 is 0 Å². The van der Waals surface area contributed by atoms with Crippen molar-refractivity contribution in [3.05, 3.63) is 24.3 Å². The van der Waals surface area contributed by atoms with E-state index < -0.39 is 36.7 Å². The third-order valence-corrected chi connectivity index (χ3v) is 6.92. The zero-order chi connectivity index (χ0) is 24.6. The Balaban J connectivity index is 1.74. The zero-order valence-corrected chi connectivity index (χ0v) is 20.7. The van der Waals surface area contributed by atoms with E-state index >= 15 is 0 Å². The molecule has 0 aliphatic carbocycles. The van der Waals surface area contributed by atoms with E-state index in [9.17, 15) is 9.59 Å². The third-order valence-electron chi connectivity index (χ3n) is 6.92. The molecule has 182 valence electrons. The third kappa shape index (κ3) is 5.70. The monoisotopic (exact) mass is 462 g/mol. The van der Waals surface area contributed by atoms with Crippen LogP contribution in [0, 0.1) is 11.8 Å². The normalized spacial score (nSPS) is 30.5. The fourth-order valence-electron chi connectivity index (χ4n) is 3.92. The first-order valence-electron chi connectivity index (χ1n) is 11.4. The molecule has 0 radical (unpaired) electrons. The molecule has 5 atom stereocenters.